The molecule has 3 aromatic rings. The van der Waals surface area contributed by atoms with E-state index in [1.54, 1.807) is 19.2 Å². The van der Waals surface area contributed by atoms with Gasteiger partial charge in [-0.25, -0.2) is 0 Å². The Bertz CT molecular complexity index is 813. The molecule has 3 rings (SSSR count). The van der Waals surface area contributed by atoms with Gasteiger partial charge in [0.2, 0.25) is 0 Å². The van der Waals surface area contributed by atoms with Crippen LogP contribution < -0.4 is 10.5 Å². The van der Waals surface area contributed by atoms with Crippen LogP contribution in [0.4, 0.5) is 0 Å². The third-order valence-corrected chi connectivity index (χ3v) is 3.45. The molecule has 0 radical (unpaired) electrons. The van der Waals surface area contributed by atoms with Gasteiger partial charge in [0.1, 0.15) is 17.1 Å². The molecule has 0 saturated heterocycles. The summed E-state index contributed by atoms with van der Waals surface area (Å²) in [7, 11) is 1.62. The van der Waals surface area contributed by atoms with Crippen LogP contribution >= 0.6 is 0 Å². The second-order valence-electron chi connectivity index (χ2n) is 4.76. The lowest BCUT2D eigenvalue weighted by Gasteiger charge is -2.08. The maximum atomic E-state index is 8.82. The fourth-order valence-corrected chi connectivity index (χ4v) is 2.24. The topological polar surface area (TPSA) is 72.2 Å². The number of fused-ring (bicyclic) bond motifs is 1. The van der Waals surface area contributed by atoms with E-state index in [-0.39, 0.29) is 6.04 Å². The second-order valence-corrected chi connectivity index (χ2v) is 4.76. The molecule has 21 heavy (non-hydrogen) atoms. The molecule has 4 nitrogen and oxygen atoms in total. The molecular formula is C17H14N2O2. The third kappa shape index (κ3) is 2.47. The van der Waals surface area contributed by atoms with E-state index in [1.165, 1.54) is 0 Å². The number of hydrogen-bond donors (Lipinski definition) is 1. The van der Waals surface area contributed by atoms with E-state index in [4.69, 9.17) is 20.1 Å². The van der Waals surface area contributed by atoms with Gasteiger partial charge in [0.05, 0.1) is 24.8 Å². The van der Waals surface area contributed by atoms with Crippen LogP contribution in [-0.2, 0) is 0 Å². The average Bonchev–Trinajstić information content (AvgIpc) is 2.97. The number of benzene rings is 2. The van der Waals surface area contributed by atoms with Crippen LogP contribution in [0.2, 0.25) is 0 Å². The minimum atomic E-state index is -0.365. The molecule has 1 aromatic heterocycles. The van der Waals surface area contributed by atoms with E-state index in [0.717, 1.165) is 22.3 Å². The Balaban J connectivity index is 1.96. The fraction of sp³-hybridized carbons (Fsp3) is 0.118. The quantitative estimate of drug-likeness (QED) is 0.797. The van der Waals surface area contributed by atoms with Crippen LogP contribution in [-0.4, -0.2) is 7.11 Å². The Kier molecular flexibility index (Phi) is 3.35. The van der Waals surface area contributed by atoms with Gasteiger partial charge in [-0.05, 0) is 35.9 Å². The molecule has 0 bridgehead atoms. The molecule has 0 aliphatic heterocycles. The molecule has 104 valence electrons. The van der Waals surface area contributed by atoms with Crippen LogP contribution in [0.5, 0.6) is 5.75 Å². The number of nitrogens with zero attached hydrogens (tertiary/aromatic N) is 1. The molecule has 1 unspecified atom stereocenters. The number of rotatable bonds is 3. The van der Waals surface area contributed by atoms with E-state index < -0.39 is 0 Å². The Labute approximate surface area is 122 Å². The zero-order valence-corrected chi connectivity index (χ0v) is 11.5. The highest BCUT2D eigenvalue weighted by Gasteiger charge is 2.14. The first kappa shape index (κ1) is 13.2. The minimum absolute atomic E-state index is 0.365. The number of nitrogens with two attached hydrogens (primary N) is 1. The zero-order chi connectivity index (χ0) is 14.8. The molecule has 0 fully saturated rings. The lowest BCUT2D eigenvalue weighted by molar-refractivity contribution is 0.414. The van der Waals surface area contributed by atoms with Crippen molar-refractivity contribution in [2.24, 2.45) is 5.73 Å². The molecule has 0 aliphatic carbocycles. The van der Waals surface area contributed by atoms with Crippen molar-refractivity contribution in [1.82, 2.24) is 0 Å². The van der Waals surface area contributed by atoms with Crippen LogP contribution in [0.25, 0.3) is 11.0 Å². The van der Waals surface area contributed by atoms with Crippen molar-refractivity contribution in [3.63, 3.8) is 0 Å². The molecule has 0 amide bonds. The highest BCUT2D eigenvalue weighted by Crippen LogP contribution is 2.29. The number of nitriles is 1. The minimum Gasteiger partial charge on any atom is -0.497 e. The molecule has 0 saturated carbocycles. The predicted octanol–water partition coefficient (Wildman–Crippen LogP) is 3.36. The van der Waals surface area contributed by atoms with Gasteiger partial charge in [-0.3, -0.25) is 0 Å². The van der Waals surface area contributed by atoms with Crippen LogP contribution in [0.1, 0.15) is 22.9 Å². The summed E-state index contributed by atoms with van der Waals surface area (Å²) in [4.78, 5) is 0. The van der Waals surface area contributed by atoms with Crippen molar-refractivity contribution in [2.45, 2.75) is 6.04 Å². The SMILES string of the molecule is COc1ccc2cc(C(N)c3ccc(C#N)cc3)oc2c1. The van der Waals surface area contributed by atoms with Crippen molar-refractivity contribution >= 4 is 11.0 Å². The standard InChI is InChI=1S/C17H14N2O2/c1-20-14-7-6-13-8-16(21-15(13)9-14)17(19)12-4-2-11(10-18)3-5-12/h2-9,17H,19H2,1H3. The van der Waals surface area contributed by atoms with E-state index in [0.29, 0.717) is 11.3 Å². The van der Waals surface area contributed by atoms with Crippen molar-refractivity contribution in [1.29, 1.82) is 5.26 Å². The van der Waals surface area contributed by atoms with E-state index >= 15 is 0 Å². The second kappa shape index (κ2) is 5.31. The maximum Gasteiger partial charge on any atom is 0.138 e. The summed E-state index contributed by atoms with van der Waals surface area (Å²) in [5.41, 5.74) is 8.49. The zero-order valence-electron chi connectivity index (χ0n) is 11.5. The van der Waals surface area contributed by atoms with Gasteiger partial charge in [0.15, 0.2) is 0 Å². The summed E-state index contributed by atoms with van der Waals surface area (Å²) >= 11 is 0. The Hall–Kier alpha value is -2.77. The molecule has 0 spiro atoms. The van der Waals surface area contributed by atoms with Crippen LogP contribution in [0.15, 0.2) is 52.9 Å². The Morgan fingerprint density at radius 1 is 1.14 bits per heavy atom. The van der Waals surface area contributed by atoms with Gasteiger partial charge in [-0.2, -0.15) is 5.26 Å². The Morgan fingerprint density at radius 3 is 2.57 bits per heavy atom. The first-order valence-corrected chi connectivity index (χ1v) is 6.54. The smallest absolute Gasteiger partial charge is 0.138 e. The Morgan fingerprint density at radius 2 is 1.90 bits per heavy atom. The van der Waals surface area contributed by atoms with Crippen LogP contribution in [0, 0.1) is 11.3 Å². The van der Waals surface area contributed by atoms with Crippen molar-refractivity contribution in [3.05, 3.63) is 65.4 Å². The van der Waals surface area contributed by atoms with Gasteiger partial charge in [0.25, 0.3) is 0 Å². The summed E-state index contributed by atoms with van der Waals surface area (Å²) < 4.78 is 11.0. The fourth-order valence-electron chi connectivity index (χ4n) is 2.24. The summed E-state index contributed by atoms with van der Waals surface area (Å²) in [5, 5.41) is 9.80. The molecular weight excluding hydrogens is 264 g/mol. The molecule has 1 atom stereocenters. The molecule has 2 aromatic carbocycles. The molecule has 0 aliphatic rings. The lowest BCUT2D eigenvalue weighted by Crippen LogP contribution is -2.10. The van der Waals surface area contributed by atoms with Crippen molar-refractivity contribution < 1.29 is 9.15 Å². The van der Waals surface area contributed by atoms with Crippen molar-refractivity contribution in [3.8, 4) is 11.8 Å². The highest BCUT2D eigenvalue weighted by atomic mass is 16.5. The maximum absolute atomic E-state index is 8.82. The number of furan rings is 1. The van der Waals surface area contributed by atoms with Gasteiger partial charge in [-0.15, -0.1) is 0 Å². The molecule has 1 heterocycles. The summed E-state index contributed by atoms with van der Waals surface area (Å²) in [6, 6.07) is 16.5. The molecule has 4 heteroatoms. The molecule has 2 N–H and O–H groups in total. The van der Waals surface area contributed by atoms with Gasteiger partial charge in [0, 0.05) is 11.5 Å². The van der Waals surface area contributed by atoms with E-state index in [9.17, 15) is 0 Å². The van der Waals surface area contributed by atoms with Crippen molar-refractivity contribution in [2.75, 3.05) is 7.11 Å². The monoisotopic (exact) mass is 278 g/mol. The summed E-state index contributed by atoms with van der Waals surface area (Å²) in [5.74, 6) is 1.43. The first-order chi connectivity index (χ1) is 10.2. The normalized spacial score (nSPS) is 12.0. The highest BCUT2D eigenvalue weighted by molar-refractivity contribution is 5.79. The van der Waals surface area contributed by atoms with Crippen LogP contribution in [0.3, 0.4) is 0 Å². The van der Waals surface area contributed by atoms with Gasteiger partial charge < -0.3 is 14.9 Å². The largest absolute Gasteiger partial charge is 0.497 e. The average molecular weight is 278 g/mol. The number of ether oxygens (including phenoxy) is 1. The van der Waals surface area contributed by atoms with E-state index in [1.807, 2.05) is 36.4 Å². The summed E-state index contributed by atoms with van der Waals surface area (Å²) in [6.45, 7) is 0. The predicted molar refractivity (Wildman–Crippen MR) is 80.0 cm³/mol. The number of methoxy groups -OCH3 is 1. The lowest BCUT2D eigenvalue weighted by atomic mass is 10.0. The third-order valence-electron chi connectivity index (χ3n) is 3.45. The van der Waals surface area contributed by atoms with E-state index in [2.05, 4.69) is 6.07 Å². The summed E-state index contributed by atoms with van der Waals surface area (Å²) in [6.07, 6.45) is 0. The number of hydrogen-bond acceptors (Lipinski definition) is 4. The van der Waals surface area contributed by atoms with Gasteiger partial charge in [-0.1, -0.05) is 12.1 Å². The first-order valence-electron chi connectivity index (χ1n) is 6.54. The van der Waals surface area contributed by atoms with Gasteiger partial charge >= 0.3 is 0 Å².